The molecule has 0 bridgehead atoms. The van der Waals surface area contributed by atoms with Crippen LogP contribution in [0.2, 0.25) is 0 Å². The Labute approximate surface area is 124 Å². The van der Waals surface area contributed by atoms with Crippen LogP contribution in [0.15, 0.2) is 12.3 Å². The van der Waals surface area contributed by atoms with Crippen molar-refractivity contribution in [2.75, 3.05) is 19.6 Å². The van der Waals surface area contributed by atoms with E-state index in [4.69, 9.17) is 0 Å². The van der Waals surface area contributed by atoms with Crippen LogP contribution in [0.1, 0.15) is 43.1 Å². The lowest BCUT2D eigenvalue weighted by Gasteiger charge is -2.44. The Bertz CT molecular complexity index is 568. The van der Waals surface area contributed by atoms with E-state index >= 15 is 0 Å². The molecule has 0 aliphatic carbocycles. The Morgan fingerprint density at radius 3 is 2.86 bits per heavy atom. The number of likely N-dealkylation sites (tertiary alicyclic amines) is 2. The summed E-state index contributed by atoms with van der Waals surface area (Å²) in [7, 11) is 1.81. The van der Waals surface area contributed by atoms with Gasteiger partial charge in [-0.1, -0.05) is 0 Å². The van der Waals surface area contributed by atoms with Gasteiger partial charge in [-0.3, -0.25) is 14.3 Å². The number of hydrogen-bond acceptors (Lipinski definition) is 3. The van der Waals surface area contributed by atoms with Gasteiger partial charge in [-0.15, -0.1) is 0 Å². The van der Waals surface area contributed by atoms with Crippen LogP contribution in [-0.2, 0) is 11.8 Å². The fourth-order valence-electron chi connectivity index (χ4n) is 3.61. The standard InChI is InChI=1S/C15H22N4O2/c1-3-18-11-15(10-13(18)20)7-4-5-8-19(15)14(21)12-6-9-17(2)16-12/h6,9H,3-5,7-8,10-11H2,1-2H3. The fraction of sp³-hybridized carbons (Fsp3) is 0.667. The summed E-state index contributed by atoms with van der Waals surface area (Å²) in [5, 5.41) is 4.23. The predicted molar refractivity (Wildman–Crippen MR) is 77.7 cm³/mol. The summed E-state index contributed by atoms with van der Waals surface area (Å²) in [4.78, 5) is 28.7. The first-order valence-corrected chi connectivity index (χ1v) is 7.65. The first-order valence-electron chi connectivity index (χ1n) is 7.65. The van der Waals surface area contributed by atoms with Crippen molar-refractivity contribution in [3.63, 3.8) is 0 Å². The van der Waals surface area contributed by atoms with Gasteiger partial charge in [0.2, 0.25) is 5.91 Å². The monoisotopic (exact) mass is 290 g/mol. The molecule has 1 aromatic rings. The smallest absolute Gasteiger partial charge is 0.274 e. The lowest BCUT2D eigenvalue weighted by Crippen LogP contribution is -2.56. The van der Waals surface area contributed by atoms with E-state index in [2.05, 4.69) is 5.10 Å². The number of piperidine rings is 1. The third-order valence-electron chi connectivity index (χ3n) is 4.72. The second-order valence-corrected chi connectivity index (χ2v) is 6.10. The molecule has 0 aromatic carbocycles. The number of amides is 2. The van der Waals surface area contributed by atoms with Crippen molar-refractivity contribution in [2.45, 2.75) is 38.1 Å². The number of carbonyl (C=O) groups is 2. The number of likely N-dealkylation sites (N-methyl/N-ethyl adjacent to an activating group) is 1. The summed E-state index contributed by atoms with van der Waals surface area (Å²) in [6.45, 7) is 4.10. The summed E-state index contributed by atoms with van der Waals surface area (Å²) in [6.07, 6.45) is 5.23. The van der Waals surface area contributed by atoms with Crippen molar-refractivity contribution in [3.05, 3.63) is 18.0 Å². The van der Waals surface area contributed by atoms with Crippen LogP contribution in [-0.4, -0.2) is 56.6 Å². The number of aromatic nitrogens is 2. The Kier molecular flexibility index (Phi) is 3.47. The molecule has 2 fully saturated rings. The molecule has 21 heavy (non-hydrogen) atoms. The maximum Gasteiger partial charge on any atom is 0.274 e. The number of nitrogens with zero attached hydrogens (tertiary/aromatic N) is 4. The Balaban J connectivity index is 1.88. The van der Waals surface area contributed by atoms with E-state index in [1.807, 2.05) is 16.7 Å². The molecule has 2 saturated heterocycles. The molecule has 3 heterocycles. The number of rotatable bonds is 2. The summed E-state index contributed by atoms with van der Waals surface area (Å²) < 4.78 is 1.64. The Morgan fingerprint density at radius 1 is 1.43 bits per heavy atom. The Morgan fingerprint density at radius 2 is 2.24 bits per heavy atom. The third-order valence-corrected chi connectivity index (χ3v) is 4.72. The molecule has 1 atom stereocenters. The van der Waals surface area contributed by atoms with E-state index in [1.165, 1.54) is 0 Å². The van der Waals surface area contributed by atoms with Crippen LogP contribution in [0, 0.1) is 0 Å². The van der Waals surface area contributed by atoms with Crippen LogP contribution in [0.4, 0.5) is 0 Å². The van der Waals surface area contributed by atoms with Gasteiger partial charge in [0.1, 0.15) is 5.69 Å². The number of aryl methyl sites for hydroxylation is 1. The largest absolute Gasteiger partial charge is 0.341 e. The van der Waals surface area contributed by atoms with Crippen molar-refractivity contribution in [1.82, 2.24) is 19.6 Å². The van der Waals surface area contributed by atoms with Crippen LogP contribution >= 0.6 is 0 Å². The normalized spacial score (nSPS) is 25.9. The Hall–Kier alpha value is -1.85. The molecule has 0 N–H and O–H groups in total. The number of hydrogen-bond donors (Lipinski definition) is 0. The summed E-state index contributed by atoms with van der Waals surface area (Å²) in [5.74, 6) is 0.124. The minimum atomic E-state index is -0.319. The zero-order valence-corrected chi connectivity index (χ0v) is 12.7. The third kappa shape index (κ3) is 2.32. The molecule has 2 amide bonds. The first kappa shape index (κ1) is 14.1. The summed E-state index contributed by atoms with van der Waals surface area (Å²) in [5.41, 5.74) is 0.154. The van der Waals surface area contributed by atoms with Crippen LogP contribution < -0.4 is 0 Å². The van der Waals surface area contributed by atoms with Crippen LogP contribution in [0.3, 0.4) is 0 Å². The van der Waals surface area contributed by atoms with E-state index in [0.717, 1.165) is 25.8 Å². The van der Waals surface area contributed by atoms with Crippen molar-refractivity contribution < 1.29 is 9.59 Å². The van der Waals surface area contributed by atoms with Gasteiger partial charge in [-0.05, 0) is 32.3 Å². The van der Waals surface area contributed by atoms with E-state index in [0.29, 0.717) is 25.2 Å². The zero-order valence-electron chi connectivity index (χ0n) is 12.7. The van der Waals surface area contributed by atoms with Crippen molar-refractivity contribution in [3.8, 4) is 0 Å². The fourth-order valence-corrected chi connectivity index (χ4v) is 3.61. The van der Waals surface area contributed by atoms with E-state index < -0.39 is 0 Å². The highest BCUT2D eigenvalue weighted by Crippen LogP contribution is 2.37. The molecule has 114 valence electrons. The second-order valence-electron chi connectivity index (χ2n) is 6.10. The van der Waals surface area contributed by atoms with Gasteiger partial charge < -0.3 is 9.80 Å². The lowest BCUT2D eigenvalue weighted by atomic mass is 9.85. The zero-order chi connectivity index (χ0) is 15.0. The van der Waals surface area contributed by atoms with Gasteiger partial charge in [-0.2, -0.15) is 5.10 Å². The molecule has 2 aliphatic rings. The molecule has 2 aliphatic heterocycles. The van der Waals surface area contributed by atoms with Crippen molar-refractivity contribution >= 4 is 11.8 Å². The van der Waals surface area contributed by atoms with Crippen molar-refractivity contribution in [1.29, 1.82) is 0 Å². The molecule has 1 unspecified atom stereocenters. The van der Waals surface area contributed by atoms with Gasteiger partial charge >= 0.3 is 0 Å². The van der Waals surface area contributed by atoms with Gasteiger partial charge in [0.25, 0.3) is 5.91 Å². The molecule has 3 rings (SSSR count). The van der Waals surface area contributed by atoms with Gasteiger partial charge in [0.05, 0.1) is 12.0 Å². The number of carbonyl (C=O) groups excluding carboxylic acids is 2. The quantitative estimate of drug-likeness (QED) is 0.817. The molecule has 1 aromatic heterocycles. The average molecular weight is 290 g/mol. The lowest BCUT2D eigenvalue weighted by molar-refractivity contribution is -0.127. The van der Waals surface area contributed by atoms with E-state index in [1.54, 1.807) is 24.0 Å². The molecule has 0 radical (unpaired) electrons. The maximum absolute atomic E-state index is 12.8. The van der Waals surface area contributed by atoms with Crippen LogP contribution in [0.5, 0.6) is 0 Å². The highest BCUT2D eigenvalue weighted by Gasteiger charge is 2.49. The predicted octanol–water partition coefficient (Wildman–Crippen LogP) is 1.04. The minimum Gasteiger partial charge on any atom is -0.341 e. The molecule has 1 spiro atoms. The highest BCUT2D eigenvalue weighted by atomic mass is 16.2. The minimum absolute atomic E-state index is 0.0407. The van der Waals surface area contributed by atoms with Crippen molar-refractivity contribution in [2.24, 2.45) is 7.05 Å². The molecule has 0 saturated carbocycles. The molecule has 6 nitrogen and oxygen atoms in total. The second kappa shape index (κ2) is 5.16. The first-order chi connectivity index (χ1) is 10.1. The maximum atomic E-state index is 12.8. The van der Waals surface area contributed by atoms with Gasteiger partial charge in [-0.25, -0.2) is 0 Å². The molecule has 6 heteroatoms. The van der Waals surface area contributed by atoms with E-state index in [9.17, 15) is 9.59 Å². The summed E-state index contributed by atoms with van der Waals surface area (Å²) >= 11 is 0. The average Bonchev–Trinajstić information content (AvgIpc) is 3.03. The molecular formula is C15H22N4O2. The highest BCUT2D eigenvalue weighted by molar-refractivity contribution is 5.94. The molecular weight excluding hydrogens is 268 g/mol. The van der Waals surface area contributed by atoms with Gasteiger partial charge in [0, 0.05) is 32.9 Å². The summed E-state index contributed by atoms with van der Waals surface area (Å²) in [6, 6.07) is 1.75. The SMILES string of the molecule is CCN1CC2(CCCCN2C(=O)c2ccn(C)n2)CC1=O. The van der Waals surface area contributed by atoms with Gasteiger partial charge in [0.15, 0.2) is 0 Å². The van der Waals surface area contributed by atoms with E-state index in [-0.39, 0.29) is 17.4 Å². The van der Waals surface area contributed by atoms with Crippen LogP contribution in [0.25, 0.3) is 0 Å². The topological polar surface area (TPSA) is 58.4 Å².